The lowest BCUT2D eigenvalue weighted by Gasteiger charge is -2.14. The number of hydrogen-bond donors (Lipinski definition) is 2. The molecule has 1 aliphatic rings. The maximum atomic E-state index is 10.9. The van der Waals surface area contributed by atoms with Crippen molar-refractivity contribution in [2.24, 2.45) is 11.7 Å². The first-order valence-electron chi connectivity index (χ1n) is 4.17. The number of hydrogen-bond acceptors (Lipinski definition) is 3. The minimum absolute atomic E-state index is 0.00858. The number of nitrogens with one attached hydrogen (secondary N) is 1. The first-order valence-corrected chi connectivity index (χ1v) is 4.17. The Hall–Kier alpha value is -1.08. The van der Waals surface area contributed by atoms with Gasteiger partial charge in [0, 0.05) is 6.04 Å². The summed E-state index contributed by atoms with van der Waals surface area (Å²) in [6, 6.07) is 2.22. The van der Waals surface area contributed by atoms with Gasteiger partial charge in [-0.1, -0.05) is 0 Å². The van der Waals surface area contributed by atoms with E-state index < -0.39 is 0 Å². The maximum absolute atomic E-state index is 10.9. The minimum Gasteiger partial charge on any atom is -0.351 e. The molecule has 2 atom stereocenters. The fourth-order valence-corrected chi connectivity index (χ4v) is 1.55. The third-order valence-corrected chi connectivity index (χ3v) is 2.21. The van der Waals surface area contributed by atoms with E-state index in [1.807, 2.05) is 0 Å². The van der Waals surface area contributed by atoms with Gasteiger partial charge in [0.15, 0.2) is 0 Å². The van der Waals surface area contributed by atoms with Gasteiger partial charge in [-0.15, -0.1) is 0 Å². The first-order chi connectivity index (χ1) is 5.77. The highest BCUT2D eigenvalue weighted by Gasteiger charge is 2.27. The summed E-state index contributed by atoms with van der Waals surface area (Å²) < 4.78 is 0. The minimum atomic E-state index is -0.165. The molecule has 0 bridgehead atoms. The molecule has 66 valence electrons. The lowest BCUT2D eigenvalue weighted by molar-refractivity contribution is -0.120. The van der Waals surface area contributed by atoms with Crippen molar-refractivity contribution < 1.29 is 4.79 Å². The molecule has 0 aromatic heterocycles. The van der Waals surface area contributed by atoms with E-state index in [9.17, 15) is 4.79 Å². The van der Waals surface area contributed by atoms with E-state index in [1.165, 1.54) is 0 Å². The van der Waals surface area contributed by atoms with E-state index in [1.54, 1.807) is 0 Å². The molecule has 1 aliphatic carbocycles. The van der Waals surface area contributed by atoms with Gasteiger partial charge < -0.3 is 11.1 Å². The van der Waals surface area contributed by atoms with Crippen LogP contribution in [0.3, 0.4) is 0 Å². The Kier molecular flexibility index (Phi) is 3.06. The van der Waals surface area contributed by atoms with Gasteiger partial charge in [-0.05, 0) is 19.3 Å². The Morgan fingerprint density at radius 1 is 1.67 bits per heavy atom. The summed E-state index contributed by atoms with van der Waals surface area (Å²) >= 11 is 0. The molecule has 0 spiro atoms. The van der Waals surface area contributed by atoms with E-state index in [2.05, 4.69) is 11.4 Å². The Bertz CT molecular complexity index is 209. The second-order valence-electron chi connectivity index (χ2n) is 3.04. The van der Waals surface area contributed by atoms with Gasteiger partial charge >= 0.3 is 0 Å². The van der Waals surface area contributed by atoms with Crippen molar-refractivity contribution in [3.63, 3.8) is 0 Å². The van der Waals surface area contributed by atoms with Crippen LogP contribution in [0.25, 0.3) is 0 Å². The van der Waals surface area contributed by atoms with E-state index in [4.69, 9.17) is 11.0 Å². The van der Waals surface area contributed by atoms with Crippen LogP contribution in [0.4, 0.5) is 0 Å². The molecule has 4 heteroatoms. The summed E-state index contributed by atoms with van der Waals surface area (Å²) in [6.07, 6.45) is 2.82. The van der Waals surface area contributed by atoms with Gasteiger partial charge in [-0.25, -0.2) is 0 Å². The van der Waals surface area contributed by atoms with E-state index in [0.717, 1.165) is 19.3 Å². The molecular formula is C8H13N3O. The molecule has 4 nitrogen and oxygen atoms in total. The van der Waals surface area contributed by atoms with Gasteiger partial charge in [0.25, 0.3) is 0 Å². The predicted molar refractivity (Wildman–Crippen MR) is 43.9 cm³/mol. The molecule has 0 radical (unpaired) electrons. The van der Waals surface area contributed by atoms with Crippen LogP contribution in [0.5, 0.6) is 0 Å². The molecule has 12 heavy (non-hydrogen) atoms. The SMILES string of the molecule is N#CC1CCCC1NC(=O)CN. The summed E-state index contributed by atoms with van der Waals surface area (Å²) in [5.41, 5.74) is 5.14. The quantitative estimate of drug-likeness (QED) is 0.595. The molecule has 0 heterocycles. The number of rotatable bonds is 2. The number of nitriles is 1. The second kappa shape index (κ2) is 4.07. The highest BCUT2D eigenvalue weighted by Crippen LogP contribution is 2.24. The largest absolute Gasteiger partial charge is 0.351 e. The van der Waals surface area contributed by atoms with Crippen LogP contribution in [0, 0.1) is 17.2 Å². The van der Waals surface area contributed by atoms with Crippen molar-refractivity contribution in [3.05, 3.63) is 0 Å². The predicted octanol–water partition coefficient (Wildman–Crippen LogP) is -0.246. The Morgan fingerprint density at radius 3 is 3.00 bits per heavy atom. The third kappa shape index (κ3) is 1.95. The van der Waals surface area contributed by atoms with Gasteiger partial charge in [-0.3, -0.25) is 4.79 Å². The fourth-order valence-electron chi connectivity index (χ4n) is 1.55. The second-order valence-corrected chi connectivity index (χ2v) is 3.04. The Morgan fingerprint density at radius 2 is 2.42 bits per heavy atom. The van der Waals surface area contributed by atoms with Gasteiger partial charge in [0.1, 0.15) is 0 Å². The number of carbonyl (C=O) groups excluding carboxylic acids is 1. The van der Waals surface area contributed by atoms with Gasteiger partial charge in [0.05, 0.1) is 18.5 Å². The van der Waals surface area contributed by atoms with E-state index in [0.29, 0.717) is 0 Å². The average Bonchev–Trinajstić information content (AvgIpc) is 2.51. The van der Waals surface area contributed by atoms with Crippen LogP contribution >= 0.6 is 0 Å². The standard InChI is InChI=1S/C8H13N3O/c9-4-6-2-1-3-7(6)11-8(12)5-10/h6-7H,1-3,5,10H2,(H,11,12). The molecular weight excluding hydrogens is 154 g/mol. The van der Waals surface area contributed by atoms with Crippen molar-refractivity contribution in [2.45, 2.75) is 25.3 Å². The number of amides is 1. The third-order valence-electron chi connectivity index (χ3n) is 2.21. The van der Waals surface area contributed by atoms with Crippen LogP contribution in [0.2, 0.25) is 0 Å². The Labute approximate surface area is 71.7 Å². The van der Waals surface area contributed by atoms with Crippen LogP contribution in [0.1, 0.15) is 19.3 Å². The van der Waals surface area contributed by atoms with Crippen molar-refractivity contribution in [1.29, 1.82) is 5.26 Å². The zero-order chi connectivity index (χ0) is 8.97. The molecule has 0 saturated heterocycles. The molecule has 0 aromatic rings. The summed E-state index contributed by atoms with van der Waals surface area (Å²) in [6.45, 7) is 0.00858. The highest BCUT2D eigenvalue weighted by atomic mass is 16.1. The van der Waals surface area contributed by atoms with Crippen molar-refractivity contribution in [2.75, 3.05) is 6.54 Å². The topological polar surface area (TPSA) is 78.9 Å². The molecule has 1 amide bonds. The summed E-state index contributed by atoms with van der Waals surface area (Å²) in [4.78, 5) is 10.9. The van der Waals surface area contributed by atoms with Crippen LogP contribution in [-0.2, 0) is 4.79 Å². The Balaban J connectivity index is 2.42. The van der Waals surface area contributed by atoms with Crippen molar-refractivity contribution in [3.8, 4) is 6.07 Å². The lowest BCUT2D eigenvalue weighted by Crippen LogP contribution is -2.40. The van der Waals surface area contributed by atoms with Crippen LogP contribution in [0.15, 0.2) is 0 Å². The molecule has 2 unspecified atom stereocenters. The smallest absolute Gasteiger partial charge is 0.233 e. The van der Waals surface area contributed by atoms with E-state index >= 15 is 0 Å². The van der Waals surface area contributed by atoms with Gasteiger partial charge in [0.2, 0.25) is 5.91 Å². The molecule has 1 fully saturated rings. The highest BCUT2D eigenvalue weighted by molar-refractivity contribution is 5.78. The number of carbonyl (C=O) groups is 1. The first kappa shape index (κ1) is 9.01. The van der Waals surface area contributed by atoms with Crippen molar-refractivity contribution in [1.82, 2.24) is 5.32 Å². The summed E-state index contributed by atoms with van der Waals surface area (Å²) in [7, 11) is 0. The summed E-state index contributed by atoms with van der Waals surface area (Å²) in [5, 5.41) is 11.4. The van der Waals surface area contributed by atoms with Crippen LogP contribution < -0.4 is 11.1 Å². The zero-order valence-corrected chi connectivity index (χ0v) is 6.92. The lowest BCUT2D eigenvalue weighted by atomic mass is 10.1. The van der Waals surface area contributed by atoms with E-state index in [-0.39, 0.29) is 24.4 Å². The average molecular weight is 167 g/mol. The zero-order valence-electron chi connectivity index (χ0n) is 6.92. The molecule has 0 aliphatic heterocycles. The monoisotopic (exact) mass is 167 g/mol. The molecule has 1 saturated carbocycles. The number of nitrogens with two attached hydrogens (primary N) is 1. The number of nitrogens with zero attached hydrogens (tertiary/aromatic N) is 1. The van der Waals surface area contributed by atoms with Crippen LogP contribution in [-0.4, -0.2) is 18.5 Å². The molecule has 1 rings (SSSR count). The summed E-state index contributed by atoms with van der Waals surface area (Å²) in [5.74, 6) is -0.178. The van der Waals surface area contributed by atoms with Gasteiger partial charge in [-0.2, -0.15) is 5.26 Å². The molecule has 0 aromatic carbocycles. The fraction of sp³-hybridized carbons (Fsp3) is 0.750. The maximum Gasteiger partial charge on any atom is 0.233 e. The van der Waals surface area contributed by atoms with Crippen molar-refractivity contribution >= 4 is 5.91 Å². The normalized spacial score (nSPS) is 28.0. The molecule has 3 N–H and O–H groups in total.